The number of carbonyl (C=O) groups is 1. The Kier molecular flexibility index (Phi) is 6.30. The summed E-state index contributed by atoms with van der Waals surface area (Å²) in [5.74, 6) is 1.76. The van der Waals surface area contributed by atoms with E-state index in [1.165, 1.54) is 12.8 Å². The van der Waals surface area contributed by atoms with Crippen molar-refractivity contribution in [2.45, 2.75) is 45.7 Å². The number of aryl methyl sites for hydroxylation is 1. The molecule has 0 spiro atoms. The Labute approximate surface area is 172 Å². The molecule has 6 nitrogen and oxygen atoms in total. The molecule has 1 atom stereocenters. The van der Waals surface area contributed by atoms with Gasteiger partial charge in [-0.05, 0) is 43.4 Å². The minimum atomic E-state index is 0.102. The first-order valence-corrected chi connectivity index (χ1v) is 10.8. The molecule has 1 aromatic carbocycles. The number of amides is 1. The van der Waals surface area contributed by atoms with E-state index in [9.17, 15) is 4.79 Å². The van der Waals surface area contributed by atoms with Crippen molar-refractivity contribution in [3.05, 3.63) is 54.2 Å². The van der Waals surface area contributed by atoms with Crippen LogP contribution in [-0.2, 0) is 24.3 Å². The van der Waals surface area contributed by atoms with Gasteiger partial charge in [0.2, 0.25) is 5.91 Å². The third-order valence-electron chi connectivity index (χ3n) is 5.85. The molecule has 0 radical (unpaired) electrons. The minimum absolute atomic E-state index is 0.102. The summed E-state index contributed by atoms with van der Waals surface area (Å²) in [6, 6.07) is 8.13. The van der Waals surface area contributed by atoms with Crippen LogP contribution in [0, 0.1) is 5.92 Å². The number of hydrogen-bond acceptors (Lipinski definition) is 3. The van der Waals surface area contributed by atoms with Crippen molar-refractivity contribution in [1.29, 1.82) is 0 Å². The van der Waals surface area contributed by atoms with Crippen LogP contribution in [0.4, 0.5) is 0 Å². The quantitative estimate of drug-likeness (QED) is 0.617. The molecule has 0 saturated carbocycles. The van der Waals surface area contributed by atoms with Gasteiger partial charge in [0, 0.05) is 49.1 Å². The standard InChI is InChI=1S/C23H31N5O/c1-2-10-28-12-9-24-22(28)17-27-11-5-6-18(16-27)14-26-23(29)13-19-15-25-21-8-4-3-7-20(19)21/h3-4,7-9,12,15,18,25H,2,5-6,10-11,13-14,16-17H2,1H3,(H,26,29). The van der Waals surface area contributed by atoms with Crippen molar-refractivity contribution in [2.24, 2.45) is 5.92 Å². The Morgan fingerprint density at radius 3 is 3.14 bits per heavy atom. The summed E-state index contributed by atoms with van der Waals surface area (Å²) in [7, 11) is 0. The fourth-order valence-electron chi connectivity index (χ4n) is 4.37. The Bertz CT molecular complexity index is 944. The number of para-hydroxylation sites is 1. The molecule has 1 unspecified atom stereocenters. The van der Waals surface area contributed by atoms with Gasteiger partial charge in [-0.25, -0.2) is 4.98 Å². The first kappa shape index (κ1) is 19.7. The molecule has 1 aliphatic rings. The lowest BCUT2D eigenvalue weighted by Gasteiger charge is -2.32. The molecule has 4 rings (SSSR count). The van der Waals surface area contributed by atoms with Gasteiger partial charge in [0.15, 0.2) is 0 Å². The Morgan fingerprint density at radius 1 is 1.34 bits per heavy atom. The van der Waals surface area contributed by atoms with Gasteiger partial charge in [-0.3, -0.25) is 9.69 Å². The van der Waals surface area contributed by atoms with Crippen molar-refractivity contribution >= 4 is 16.8 Å². The molecule has 154 valence electrons. The second-order valence-electron chi connectivity index (χ2n) is 8.12. The number of benzene rings is 1. The number of aromatic amines is 1. The molecule has 1 aliphatic heterocycles. The van der Waals surface area contributed by atoms with Gasteiger partial charge >= 0.3 is 0 Å². The zero-order chi connectivity index (χ0) is 20.1. The van der Waals surface area contributed by atoms with Crippen LogP contribution in [-0.4, -0.2) is 45.0 Å². The summed E-state index contributed by atoms with van der Waals surface area (Å²) >= 11 is 0. The van der Waals surface area contributed by atoms with E-state index >= 15 is 0 Å². The van der Waals surface area contributed by atoms with Crippen LogP contribution in [0.15, 0.2) is 42.9 Å². The van der Waals surface area contributed by atoms with E-state index in [4.69, 9.17) is 0 Å². The highest BCUT2D eigenvalue weighted by Crippen LogP contribution is 2.19. The van der Waals surface area contributed by atoms with Gasteiger partial charge in [0.1, 0.15) is 5.82 Å². The van der Waals surface area contributed by atoms with Crippen LogP contribution in [0.2, 0.25) is 0 Å². The number of piperidine rings is 1. The first-order chi connectivity index (χ1) is 14.2. The Hall–Kier alpha value is -2.60. The third-order valence-corrected chi connectivity index (χ3v) is 5.85. The average molecular weight is 394 g/mol. The van der Waals surface area contributed by atoms with Gasteiger partial charge in [0.05, 0.1) is 13.0 Å². The van der Waals surface area contributed by atoms with Crippen LogP contribution in [0.5, 0.6) is 0 Å². The monoisotopic (exact) mass is 393 g/mol. The van der Waals surface area contributed by atoms with Crippen LogP contribution >= 0.6 is 0 Å². The number of carbonyl (C=O) groups excluding carboxylic acids is 1. The van der Waals surface area contributed by atoms with E-state index in [0.717, 1.165) is 61.4 Å². The van der Waals surface area contributed by atoms with E-state index in [1.807, 2.05) is 30.6 Å². The number of imidazole rings is 1. The molecule has 6 heteroatoms. The topological polar surface area (TPSA) is 66.0 Å². The van der Waals surface area contributed by atoms with Crippen molar-refractivity contribution in [3.8, 4) is 0 Å². The summed E-state index contributed by atoms with van der Waals surface area (Å²) in [6.45, 7) is 7.00. The maximum atomic E-state index is 12.5. The van der Waals surface area contributed by atoms with Crippen LogP contribution in [0.25, 0.3) is 10.9 Å². The average Bonchev–Trinajstić information content (AvgIpc) is 3.34. The number of likely N-dealkylation sites (tertiary alicyclic amines) is 1. The van der Waals surface area contributed by atoms with Crippen molar-refractivity contribution in [3.63, 3.8) is 0 Å². The highest BCUT2D eigenvalue weighted by atomic mass is 16.1. The van der Waals surface area contributed by atoms with Gasteiger partial charge in [-0.15, -0.1) is 0 Å². The molecule has 29 heavy (non-hydrogen) atoms. The normalized spacial score (nSPS) is 17.6. The Morgan fingerprint density at radius 2 is 2.24 bits per heavy atom. The Balaban J connectivity index is 1.27. The molecule has 0 aliphatic carbocycles. The van der Waals surface area contributed by atoms with Crippen molar-refractivity contribution in [1.82, 2.24) is 24.8 Å². The largest absolute Gasteiger partial charge is 0.361 e. The molecule has 2 aromatic heterocycles. The SMILES string of the molecule is CCCn1ccnc1CN1CCCC(CNC(=O)Cc2c[nH]c3ccccc23)C1. The highest BCUT2D eigenvalue weighted by molar-refractivity contribution is 5.88. The second-order valence-corrected chi connectivity index (χ2v) is 8.12. The lowest BCUT2D eigenvalue weighted by molar-refractivity contribution is -0.120. The number of nitrogens with one attached hydrogen (secondary N) is 2. The predicted molar refractivity (Wildman–Crippen MR) is 116 cm³/mol. The fraction of sp³-hybridized carbons (Fsp3) is 0.478. The number of hydrogen-bond donors (Lipinski definition) is 2. The van der Waals surface area contributed by atoms with E-state index in [2.05, 4.69) is 43.9 Å². The fourth-order valence-corrected chi connectivity index (χ4v) is 4.37. The smallest absolute Gasteiger partial charge is 0.224 e. The van der Waals surface area contributed by atoms with Crippen molar-refractivity contribution < 1.29 is 4.79 Å². The molecule has 1 amide bonds. The summed E-state index contributed by atoms with van der Waals surface area (Å²) in [4.78, 5) is 22.8. The molecule has 0 bridgehead atoms. The van der Waals surface area contributed by atoms with Gasteiger partial charge < -0.3 is 14.9 Å². The first-order valence-electron chi connectivity index (χ1n) is 10.8. The zero-order valence-electron chi connectivity index (χ0n) is 17.2. The molecule has 1 saturated heterocycles. The number of fused-ring (bicyclic) bond motifs is 1. The number of H-pyrrole nitrogens is 1. The van der Waals surface area contributed by atoms with Crippen LogP contribution < -0.4 is 5.32 Å². The summed E-state index contributed by atoms with van der Waals surface area (Å²) in [6.07, 6.45) is 9.82. The minimum Gasteiger partial charge on any atom is -0.361 e. The van der Waals surface area contributed by atoms with Gasteiger partial charge in [0.25, 0.3) is 0 Å². The van der Waals surface area contributed by atoms with Gasteiger partial charge in [-0.2, -0.15) is 0 Å². The van der Waals surface area contributed by atoms with Crippen molar-refractivity contribution in [2.75, 3.05) is 19.6 Å². The number of rotatable bonds is 8. The lowest BCUT2D eigenvalue weighted by Crippen LogP contribution is -2.41. The van der Waals surface area contributed by atoms with E-state index in [-0.39, 0.29) is 5.91 Å². The van der Waals surface area contributed by atoms with Gasteiger partial charge in [-0.1, -0.05) is 25.1 Å². The molecule has 3 aromatic rings. The molecule has 1 fully saturated rings. The maximum absolute atomic E-state index is 12.5. The van der Waals surface area contributed by atoms with E-state index < -0.39 is 0 Å². The van der Waals surface area contributed by atoms with Crippen LogP contribution in [0.1, 0.15) is 37.6 Å². The van der Waals surface area contributed by atoms with E-state index in [0.29, 0.717) is 12.3 Å². The molecular weight excluding hydrogens is 362 g/mol. The number of nitrogens with zero attached hydrogens (tertiary/aromatic N) is 3. The molecule has 3 heterocycles. The van der Waals surface area contributed by atoms with E-state index in [1.54, 1.807) is 0 Å². The molecule has 2 N–H and O–H groups in total. The number of aromatic nitrogens is 3. The predicted octanol–water partition coefficient (Wildman–Crippen LogP) is 3.35. The third kappa shape index (κ3) is 4.88. The summed E-state index contributed by atoms with van der Waals surface area (Å²) in [5, 5.41) is 4.30. The highest BCUT2D eigenvalue weighted by Gasteiger charge is 2.22. The maximum Gasteiger partial charge on any atom is 0.224 e. The summed E-state index contributed by atoms with van der Waals surface area (Å²) < 4.78 is 2.26. The summed E-state index contributed by atoms with van der Waals surface area (Å²) in [5.41, 5.74) is 2.14. The zero-order valence-corrected chi connectivity index (χ0v) is 17.2. The second kappa shape index (κ2) is 9.27. The van der Waals surface area contributed by atoms with Crippen LogP contribution in [0.3, 0.4) is 0 Å². The molecular formula is C23H31N5O. The lowest BCUT2D eigenvalue weighted by atomic mass is 9.98.